The minimum absolute atomic E-state index is 0.0191. The van der Waals surface area contributed by atoms with Crippen molar-refractivity contribution in [3.05, 3.63) is 107 Å². The predicted molar refractivity (Wildman–Crippen MR) is 127 cm³/mol. The highest BCUT2D eigenvalue weighted by molar-refractivity contribution is 6.07. The molecular weight excluding hydrogens is 417 g/mol. The fraction of sp³-hybridized carbons (Fsp3) is 0.143. The van der Waals surface area contributed by atoms with Crippen molar-refractivity contribution in [3.63, 3.8) is 0 Å². The minimum Gasteiger partial charge on any atom is -0.487 e. The number of pyridine rings is 1. The normalized spacial score (nSPS) is 13.8. The van der Waals surface area contributed by atoms with Crippen LogP contribution in [0, 0.1) is 5.82 Å². The van der Waals surface area contributed by atoms with Crippen molar-refractivity contribution < 1.29 is 18.7 Å². The van der Waals surface area contributed by atoms with Gasteiger partial charge in [-0.05, 0) is 53.8 Å². The highest BCUT2D eigenvalue weighted by Crippen LogP contribution is 2.37. The first-order valence-corrected chi connectivity index (χ1v) is 10.9. The summed E-state index contributed by atoms with van der Waals surface area (Å²) < 4.78 is 24.7. The first kappa shape index (κ1) is 20.9. The van der Waals surface area contributed by atoms with E-state index in [1.165, 1.54) is 6.07 Å². The van der Waals surface area contributed by atoms with Gasteiger partial charge in [0.15, 0.2) is 11.6 Å². The van der Waals surface area contributed by atoms with Gasteiger partial charge in [0, 0.05) is 5.39 Å². The number of hydrogen-bond acceptors (Lipinski definition) is 4. The Morgan fingerprint density at radius 2 is 1.67 bits per heavy atom. The van der Waals surface area contributed by atoms with Crippen LogP contribution in [0.5, 0.6) is 5.75 Å². The average Bonchev–Trinajstić information content (AvgIpc) is 3.23. The molecule has 0 unspecified atom stereocenters. The number of nitrogens with zero attached hydrogens (tertiary/aromatic N) is 1. The van der Waals surface area contributed by atoms with E-state index in [0.29, 0.717) is 5.56 Å². The molecule has 33 heavy (non-hydrogen) atoms. The minimum atomic E-state index is -0.445. The summed E-state index contributed by atoms with van der Waals surface area (Å²) in [6.07, 6.45) is 3.66. The van der Waals surface area contributed by atoms with Crippen LogP contribution in [0.25, 0.3) is 22.6 Å². The molecule has 1 aliphatic rings. The van der Waals surface area contributed by atoms with E-state index in [1.807, 2.05) is 42.5 Å². The molecule has 0 fully saturated rings. The molecule has 4 aromatic rings. The van der Waals surface area contributed by atoms with Crippen LogP contribution in [0.15, 0.2) is 78.9 Å². The number of rotatable bonds is 6. The summed E-state index contributed by atoms with van der Waals surface area (Å²) in [6, 6.07) is 23.9. The first-order valence-electron chi connectivity index (χ1n) is 10.9. The van der Waals surface area contributed by atoms with E-state index < -0.39 is 11.8 Å². The monoisotopic (exact) mass is 439 g/mol. The van der Waals surface area contributed by atoms with Crippen molar-refractivity contribution in [2.75, 3.05) is 13.2 Å². The largest absolute Gasteiger partial charge is 0.487 e. The summed E-state index contributed by atoms with van der Waals surface area (Å²) in [7, 11) is 0. The van der Waals surface area contributed by atoms with Gasteiger partial charge in [-0.1, -0.05) is 60.7 Å². The fourth-order valence-electron chi connectivity index (χ4n) is 4.18. The van der Waals surface area contributed by atoms with Crippen LogP contribution in [-0.2, 0) is 11.2 Å². The van der Waals surface area contributed by atoms with Crippen molar-refractivity contribution in [2.24, 2.45) is 0 Å². The van der Waals surface area contributed by atoms with Gasteiger partial charge < -0.3 is 9.47 Å². The topological polar surface area (TPSA) is 48.4 Å². The molecule has 0 amide bonds. The molecule has 5 rings (SSSR count). The average molecular weight is 439 g/mol. The van der Waals surface area contributed by atoms with E-state index in [1.54, 1.807) is 18.2 Å². The first-order chi connectivity index (χ1) is 16.2. The van der Waals surface area contributed by atoms with E-state index in [9.17, 15) is 9.18 Å². The SMILES string of the molecule is O=C(OCCOc1ccccc1F)c1c2c(nc3ccccc13)C(=Cc1ccccc1)CC2. The molecule has 5 heteroatoms. The van der Waals surface area contributed by atoms with Gasteiger partial charge >= 0.3 is 5.97 Å². The van der Waals surface area contributed by atoms with Crippen molar-refractivity contribution in [3.8, 4) is 5.75 Å². The molecule has 0 atom stereocenters. The molecule has 1 aromatic heterocycles. The Hall–Kier alpha value is -3.99. The summed E-state index contributed by atoms with van der Waals surface area (Å²) in [5.41, 5.74) is 5.29. The molecule has 4 nitrogen and oxygen atoms in total. The number of fused-ring (bicyclic) bond motifs is 2. The standard InChI is InChI=1S/C28H22FNO3/c29-23-11-5-7-13-25(23)32-16-17-33-28(31)26-21-10-4-6-12-24(21)30-27-20(14-15-22(26)27)18-19-8-2-1-3-9-19/h1-13,18H,14-17H2. The third-order valence-electron chi connectivity index (χ3n) is 5.70. The van der Waals surface area contributed by atoms with Gasteiger partial charge in [0.05, 0.1) is 16.8 Å². The zero-order chi connectivity index (χ0) is 22.6. The van der Waals surface area contributed by atoms with Crippen LogP contribution < -0.4 is 4.74 Å². The van der Waals surface area contributed by atoms with Crippen LogP contribution in [-0.4, -0.2) is 24.2 Å². The summed E-state index contributed by atoms with van der Waals surface area (Å²) in [5.74, 6) is -0.720. The molecule has 0 radical (unpaired) electrons. The number of hydrogen-bond donors (Lipinski definition) is 0. The fourth-order valence-corrected chi connectivity index (χ4v) is 4.18. The van der Waals surface area contributed by atoms with Gasteiger partial charge in [0.2, 0.25) is 0 Å². The van der Waals surface area contributed by atoms with Crippen molar-refractivity contribution in [2.45, 2.75) is 12.8 Å². The van der Waals surface area contributed by atoms with Crippen LogP contribution in [0.1, 0.15) is 33.6 Å². The Morgan fingerprint density at radius 3 is 2.52 bits per heavy atom. The van der Waals surface area contributed by atoms with Gasteiger partial charge in [-0.2, -0.15) is 0 Å². The number of halogens is 1. The quantitative estimate of drug-likeness (QED) is 0.269. The molecule has 0 N–H and O–H groups in total. The molecule has 164 valence electrons. The molecular formula is C28H22FNO3. The lowest BCUT2D eigenvalue weighted by Crippen LogP contribution is -2.15. The van der Waals surface area contributed by atoms with Gasteiger partial charge in [-0.3, -0.25) is 0 Å². The third-order valence-corrected chi connectivity index (χ3v) is 5.70. The van der Waals surface area contributed by atoms with E-state index in [2.05, 4.69) is 18.2 Å². The van der Waals surface area contributed by atoms with Crippen molar-refractivity contribution >= 4 is 28.5 Å². The molecule has 1 heterocycles. The molecule has 0 spiro atoms. The lowest BCUT2D eigenvalue weighted by atomic mass is 10.0. The maximum absolute atomic E-state index is 13.7. The predicted octanol–water partition coefficient (Wildman–Crippen LogP) is 6.10. The number of esters is 1. The summed E-state index contributed by atoms with van der Waals surface area (Å²) in [4.78, 5) is 18.0. The Morgan fingerprint density at radius 1 is 0.909 bits per heavy atom. The van der Waals surface area contributed by atoms with Crippen LogP contribution >= 0.6 is 0 Å². The Balaban J connectivity index is 1.41. The molecule has 0 saturated heterocycles. The molecule has 0 aliphatic heterocycles. The van der Waals surface area contributed by atoms with E-state index in [-0.39, 0.29) is 19.0 Å². The number of carbonyl (C=O) groups excluding carboxylic acids is 1. The number of aromatic nitrogens is 1. The number of carbonyl (C=O) groups is 1. The van der Waals surface area contributed by atoms with E-state index >= 15 is 0 Å². The number of benzene rings is 3. The third kappa shape index (κ3) is 4.35. The molecule has 1 aliphatic carbocycles. The van der Waals surface area contributed by atoms with Gasteiger partial charge in [-0.25, -0.2) is 14.2 Å². The molecule has 3 aromatic carbocycles. The van der Waals surface area contributed by atoms with Crippen LogP contribution in [0.3, 0.4) is 0 Å². The van der Waals surface area contributed by atoms with E-state index in [0.717, 1.165) is 46.1 Å². The maximum Gasteiger partial charge on any atom is 0.339 e. The molecule has 0 saturated carbocycles. The maximum atomic E-state index is 13.7. The zero-order valence-electron chi connectivity index (χ0n) is 18.0. The van der Waals surface area contributed by atoms with Gasteiger partial charge in [0.25, 0.3) is 0 Å². The Kier molecular flexibility index (Phi) is 5.85. The zero-order valence-corrected chi connectivity index (χ0v) is 18.0. The van der Waals surface area contributed by atoms with Gasteiger partial charge in [-0.15, -0.1) is 0 Å². The lowest BCUT2D eigenvalue weighted by Gasteiger charge is -2.13. The van der Waals surface area contributed by atoms with E-state index in [4.69, 9.17) is 14.5 Å². The second kappa shape index (κ2) is 9.25. The molecule has 0 bridgehead atoms. The highest BCUT2D eigenvalue weighted by Gasteiger charge is 2.27. The summed E-state index contributed by atoms with van der Waals surface area (Å²) >= 11 is 0. The summed E-state index contributed by atoms with van der Waals surface area (Å²) in [5, 5.41) is 0.775. The van der Waals surface area contributed by atoms with Crippen molar-refractivity contribution in [1.82, 2.24) is 4.98 Å². The van der Waals surface area contributed by atoms with Crippen LogP contribution in [0.2, 0.25) is 0 Å². The number of para-hydroxylation sites is 2. The lowest BCUT2D eigenvalue weighted by molar-refractivity contribution is 0.0449. The van der Waals surface area contributed by atoms with Crippen molar-refractivity contribution in [1.29, 1.82) is 0 Å². The Labute approximate surface area is 191 Å². The smallest absolute Gasteiger partial charge is 0.339 e. The second-order valence-electron chi connectivity index (χ2n) is 7.83. The van der Waals surface area contributed by atoms with Crippen LogP contribution in [0.4, 0.5) is 4.39 Å². The number of ether oxygens (including phenoxy) is 2. The highest BCUT2D eigenvalue weighted by atomic mass is 19.1. The Bertz CT molecular complexity index is 1350. The second-order valence-corrected chi connectivity index (χ2v) is 7.83. The summed E-state index contributed by atoms with van der Waals surface area (Å²) in [6.45, 7) is 0.0857. The van der Waals surface area contributed by atoms with Gasteiger partial charge in [0.1, 0.15) is 13.2 Å². The number of allylic oxidation sites excluding steroid dienone is 1.